The topological polar surface area (TPSA) is 65.2 Å². The van der Waals surface area contributed by atoms with Crippen LogP contribution < -0.4 is 4.74 Å². The number of benzene rings is 1. The van der Waals surface area contributed by atoms with Crippen LogP contribution in [0.15, 0.2) is 45.9 Å². The summed E-state index contributed by atoms with van der Waals surface area (Å²) in [6, 6.07) is 10.0. The van der Waals surface area contributed by atoms with E-state index in [1.165, 1.54) is 30.4 Å². The number of thiazole rings is 1. The van der Waals surface area contributed by atoms with E-state index in [9.17, 15) is 0 Å². The quantitative estimate of drug-likeness (QED) is 0.452. The number of nitrogens with zero attached hydrogens (tertiary/aromatic N) is 5. The number of ether oxygens (including phenoxy) is 1. The van der Waals surface area contributed by atoms with Gasteiger partial charge in [-0.2, -0.15) is 4.52 Å². The molecular weight excluding hydrogens is 378 g/mol. The summed E-state index contributed by atoms with van der Waals surface area (Å²) in [5.41, 5.74) is 3.61. The number of rotatable bonds is 4. The molecule has 1 aliphatic rings. The summed E-state index contributed by atoms with van der Waals surface area (Å²) < 4.78 is 9.10. The molecule has 138 valence electrons. The van der Waals surface area contributed by atoms with Crippen molar-refractivity contribution in [1.29, 1.82) is 0 Å². The Hall–Kier alpha value is -2.19. The molecule has 5 rings (SSSR count). The molecule has 0 N–H and O–H groups in total. The fraction of sp³-hybridized carbons (Fsp3) is 0.368. The van der Waals surface area contributed by atoms with Crippen molar-refractivity contribution >= 4 is 39.0 Å². The lowest BCUT2D eigenvalue weighted by Gasteiger charge is -2.15. The molecule has 0 bridgehead atoms. The molecule has 3 aromatic heterocycles. The van der Waals surface area contributed by atoms with Gasteiger partial charge in [-0.15, -0.1) is 26.6 Å². The number of aromatic nitrogens is 5. The molecule has 0 aliphatic heterocycles. The highest BCUT2D eigenvalue weighted by Gasteiger charge is 2.16. The Morgan fingerprint density at radius 2 is 1.93 bits per heavy atom. The van der Waals surface area contributed by atoms with Gasteiger partial charge in [0.1, 0.15) is 6.10 Å². The van der Waals surface area contributed by atoms with Crippen LogP contribution in [0.4, 0.5) is 0 Å². The summed E-state index contributed by atoms with van der Waals surface area (Å²) in [6.07, 6.45) is 7.57. The lowest BCUT2D eigenvalue weighted by Crippen LogP contribution is -2.16. The first kappa shape index (κ1) is 16.9. The van der Waals surface area contributed by atoms with Crippen LogP contribution in [0.1, 0.15) is 38.5 Å². The van der Waals surface area contributed by atoms with E-state index in [0.717, 1.165) is 34.1 Å². The normalized spacial score (nSPS) is 16.0. The van der Waals surface area contributed by atoms with Crippen molar-refractivity contribution < 1.29 is 4.74 Å². The fourth-order valence-electron chi connectivity index (χ4n) is 3.41. The van der Waals surface area contributed by atoms with E-state index in [1.807, 2.05) is 23.7 Å². The predicted octanol–water partition coefficient (Wildman–Crippen LogP) is 4.99. The Labute approximate surface area is 165 Å². The molecule has 0 amide bonds. The van der Waals surface area contributed by atoms with E-state index in [0.29, 0.717) is 5.88 Å². The zero-order chi connectivity index (χ0) is 18.1. The minimum atomic E-state index is 0.263. The van der Waals surface area contributed by atoms with Crippen LogP contribution in [0.2, 0.25) is 0 Å². The van der Waals surface area contributed by atoms with Gasteiger partial charge in [0.25, 0.3) is 0 Å². The molecule has 3 heterocycles. The Morgan fingerprint density at radius 3 is 2.81 bits per heavy atom. The van der Waals surface area contributed by atoms with Crippen molar-refractivity contribution in [2.75, 3.05) is 0 Å². The Kier molecular flexibility index (Phi) is 4.67. The summed E-state index contributed by atoms with van der Waals surface area (Å²) in [5.74, 6) is 0.647. The molecule has 8 heteroatoms. The Balaban J connectivity index is 1.40. The predicted molar refractivity (Wildman–Crippen MR) is 107 cm³/mol. The average molecular weight is 398 g/mol. The molecule has 0 saturated heterocycles. The highest BCUT2D eigenvalue weighted by atomic mass is 32.2. The smallest absolute Gasteiger partial charge is 0.232 e. The molecule has 1 aliphatic carbocycles. The van der Waals surface area contributed by atoms with Gasteiger partial charge in [-0.25, -0.2) is 4.98 Å². The zero-order valence-corrected chi connectivity index (χ0v) is 16.4. The highest BCUT2D eigenvalue weighted by Crippen LogP contribution is 2.30. The van der Waals surface area contributed by atoms with Gasteiger partial charge < -0.3 is 4.74 Å². The average Bonchev–Trinajstić information content (AvgIpc) is 3.22. The summed E-state index contributed by atoms with van der Waals surface area (Å²) in [5, 5.41) is 13.9. The van der Waals surface area contributed by atoms with Crippen molar-refractivity contribution in [3.63, 3.8) is 0 Å². The van der Waals surface area contributed by atoms with Gasteiger partial charge in [-0.1, -0.05) is 12.8 Å². The fourth-order valence-corrected chi connectivity index (χ4v) is 5.03. The van der Waals surface area contributed by atoms with Crippen LogP contribution >= 0.6 is 23.1 Å². The minimum Gasteiger partial charge on any atom is -0.473 e. The molecule has 4 aromatic rings. The largest absolute Gasteiger partial charge is 0.473 e. The van der Waals surface area contributed by atoms with Gasteiger partial charge in [-0.3, -0.25) is 0 Å². The third kappa shape index (κ3) is 3.64. The molecule has 27 heavy (non-hydrogen) atoms. The standard InChI is InChI=1S/C19H19N5OS2/c1-2-4-6-13(5-3-1)25-18-10-9-17-21-22-19(24(17)23-18)27-14-7-8-15-16(11-14)26-12-20-15/h7-13H,1-6H2. The van der Waals surface area contributed by atoms with Gasteiger partial charge in [0.05, 0.1) is 15.7 Å². The molecule has 1 aromatic carbocycles. The molecule has 1 fully saturated rings. The van der Waals surface area contributed by atoms with Gasteiger partial charge in [-0.05, 0) is 61.7 Å². The van der Waals surface area contributed by atoms with Gasteiger partial charge >= 0.3 is 0 Å². The maximum Gasteiger partial charge on any atom is 0.232 e. The van der Waals surface area contributed by atoms with E-state index in [-0.39, 0.29) is 6.10 Å². The third-order valence-electron chi connectivity index (χ3n) is 4.81. The zero-order valence-electron chi connectivity index (χ0n) is 14.7. The van der Waals surface area contributed by atoms with Gasteiger partial charge in [0.2, 0.25) is 11.0 Å². The molecule has 1 saturated carbocycles. The van der Waals surface area contributed by atoms with E-state index < -0.39 is 0 Å². The lowest BCUT2D eigenvalue weighted by molar-refractivity contribution is 0.173. The molecule has 6 nitrogen and oxygen atoms in total. The number of hydrogen-bond donors (Lipinski definition) is 0. The highest BCUT2D eigenvalue weighted by molar-refractivity contribution is 7.99. The van der Waals surface area contributed by atoms with E-state index in [1.54, 1.807) is 27.6 Å². The maximum absolute atomic E-state index is 6.16. The van der Waals surface area contributed by atoms with Crippen molar-refractivity contribution in [3.8, 4) is 5.88 Å². The first-order chi connectivity index (χ1) is 13.3. The van der Waals surface area contributed by atoms with E-state index >= 15 is 0 Å². The van der Waals surface area contributed by atoms with Crippen LogP contribution in [0.5, 0.6) is 5.88 Å². The first-order valence-electron chi connectivity index (χ1n) is 9.25. The summed E-state index contributed by atoms with van der Waals surface area (Å²) in [4.78, 5) is 5.42. The summed E-state index contributed by atoms with van der Waals surface area (Å²) in [7, 11) is 0. The van der Waals surface area contributed by atoms with Crippen molar-refractivity contribution in [1.82, 2.24) is 24.8 Å². The number of hydrogen-bond acceptors (Lipinski definition) is 7. The van der Waals surface area contributed by atoms with Crippen LogP contribution in [0.3, 0.4) is 0 Å². The summed E-state index contributed by atoms with van der Waals surface area (Å²) >= 11 is 3.19. The maximum atomic E-state index is 6.16. The molecule has 0 atom stereocenters. The molecular formula is C19H19N5OS2. The minimum absolute atomic E-state index is 0.263. The van der Waals surface area contributed by atoms with Crippen LogP contribution in [-0.2, 0) is 0 Å². The van der Waals surface area contributed by atoms with Crippen LogP contribution in [-0.4, -0.2) is 30.9 Å². The summed E-state index contributed by atoms with van der Waals surface area (Å²) in [6.45, 7) is 0. The molecule has 0 unspecified atom stereocenters. The second-order valence-corrected chi connectivity index (χ2v) is 8.67. The first-order valence-corrected chi connectivity index (χ1v) is 10.9. The van der Waals surface area contributed by atoms with Crippen molar-refractivity contribution in [2.24, 2.45) is 0 Å². The van der Waals surface area contributed by atoms with E-state index in [4.69, 9.17) is 4.74 Å². The van der Waals surface area contributed by atoms with Crippen molar-refractivity contribution in [2.45, 2.75) is 54.7 Å². The second kappa shape index (κ2) is 7.44. The third-order valence-corrected chi connectivity index (χ3v) is 6.53. The lowest BCUT2D eigenvalue weighted by atomic mass is 10.1. The van der Waals surface area contributed by atoms with Crippen LogP contribution in [0.25, 0.3) is 15.9 Å². The van der Waals surface area contributed by atoms with Crippen molar-refractivity contribution in [3.05, 3.63) is 35.8 Å². The van der Waals surface area contributed by atoms with Gasteiger partial charge in [0.15, 0.2) is 5.65 Å². The molecule has 0 spiro atoms. The SMILES string of the molecule is c1nc2ccc(Sc3nnc4ccc(OC5CCCCCC5)nn34)cc2s1. The monoisotopic (exact) mass is 397 g/mol. The Bertz CT molecular complexity index is 1070. The second-order valence-electron chi connectivity index (χ2n) is 6.74. The molecule has 0 radical (unpaired) electrons. The van der Waals surface area contributed by atoms with Gasteiger partial charge in [0, 0.05) is 11.0 Å². The Morgan fingerprint density at radius 1 is 1.04 bits per heavy atom. The van der Waals surface area contributed by atoms with E-state index in [2.05, 4.69) is 32.4 Å². The van der Waals surface area contributed by atoms with Crippen LogP contribution in [0, 0.1) is 0 Å². The number of fused-ring (bicyclic) bond motifs is 2.